The number of hydrogen-bond acceptors (Lipinski definition) is 3. The smallest absolute Gasteiger partial charge is 0.321 e. The van der Waals surface area contributed by atoms with E-state index in [-0.39, 0.29) is 6.03 Å². The molecule has 0 unspecified atom stereocenters. The van der Waals surface area contributed by atoms with E-state index in [0.717, 1.165) is 50.8 Å². The second-order valence-corrected chi connectivity index (χ2v) is 5.79. The van der Waals surface area contributed by atoms with E-state index in [1.165, 1.54) is 0 Å². The van der Waals surface area contributed by atoms with Gasteiger partial charge in [-0.05, 0) is 19.1 Å². The fraction of sp³-hybridized carbons (Fsp3) is 0.412. The van der Waals surface area contributed by atoms with Crippen molar-refractivity contribution in [2.45, 2.75) is 13.5 Å². The number of nitrogens with zero attached hydrogens (tertiary/aromatic N) is 4. The van der Waals surface area contributed by atoms with Gasteiger partial charge in [-0.3, -0.25) is 4.90 Å². The van der Waals surface area contributed by atoms with Crippen molar-refractivity contribution in [3.05, 3.63) is 48.5 Å². The molecule has 6 nitrogen and oxygen atoms in total. The average molecular weight is 313 g/mol. The van der Waals surface area contributed by atoms with Gasteiger partial charge in [0.2, 0.25) is 0 Å². The van der Waals surface area contributed by atoms with Crippen molar-refractivity contribution in [2.75, 3.05) is 38.0 Å². The summed E-state index contributed by atoms with van der Waals surface area (Å²) in [5, 5.41) is 2.94. The lowest BCUT2D eigenvalue weighted by Gasteiger charge is -2.34. The first-order valence-electron chi connectivity index (χ1n) is 8.03. The zero-order valence-corrected chi connectivity index (χ0v) is 13.5. The third kappa shape index (κ3) is 4.10. The van der Waals surface area contributed by atoms with E-state index in [1.807, 2.05) is 54.5 Å². The van der Waals surface area contributed by atoms with Crippen molar-refractivity contribution in [2.24, 2.45) is 0 Å². The number of carbonyl (C=O) groups is 1. The molecular formula is C17H23N5O. The van der Waals surface area contributed by atoms with Crippen LogP contribution in [0.2, 0.25) is 0 Å². The maximum atomic E-state index is 12.2. The number of imidazole rings is 1. The zero-order valence-electron chi connectivity index (χ0n) is 13.5. The van der Waals surface area contributed by atoms with E-state index in [4.69, 9.17) is 0 Å². The predicted molar refractivity (Wildman–Crippen MR) is 90.4 cm³/mol. The number of piperazine rings is 1. The summed E-state index contributed by atoms with van der Waals surface area (Å²) < 4.78 is 2.16. The first-order chi connectivity index (χ1) is 11.2. The van der Waals surface area contributed by atoms with Crippen LogP contribution >= 0.6 is 0 Å². The summed E-state index contributed by atoms with van der Waals surface area (Å²) in [4.78, 5) is 20.8. The number of nitrogens with one attached hydrogen (secondary N) is 1. The predicted octanol–water partition coefficient (Wildman–Crippen LogP) is 2.04. The Balaban J connectivity index is 1.43. The molecule has 23 heavy (non-hydrogen) atoms. The first-order valence-corrected chi connectivity index (χ1v) is 8.03. The molecule has 1 saturated heterocycles. The number of amides is 2. The van der Waals surface area contributed by atoms with Crippen LogP contribution in [0.15, 0.2) is 42.7 Å². The molecule has 1 fully saturated rings. The van der Waals surface area contributed by atoms with Gasteiger partial charge in [0.1, 0.15) is 5.82 Å². The van der Waals surface area contributed by atoms with Crippen molar-refractivity contribution in [1.82, 2.24) is 19.4 Å². The Bertz CT molecular complexity index is 631. The molecule has 2 heterocycles. The van der Waals surface area contributed by atoms with Gasteiger partial charge in [0.25, 0.3) is 0 Å². The van der Waals surface area contributed by atoms with Gasteiger partial charge in [-0.1, -0.05) is 18.2 Å². The molecule has 2 amide bonds. The van der Waals surface area contributed by atoms with E-state index < -0.39 is 0 Å². The molecular weight excluding hydrogens is 290 g/mol. The fourth-order valence-electron chi connectivity index (χ4n) is 2.79. The Morgan fingerprint density at radius 3 is 2.52 bits per heavy atom. The van der Waals surface area contributed by atoms with Gasteiger partial charge in [0.05, 0.1) is 0 Å². The van der Waals surface area contributed by atoms with Gasteiger partial charge in [0, 0.05) is 57.3 Å². The number of aryl methyl sites for hydroxylation is 1. The van der Waals surface area contributed by atoms with Crippen molar-refractivity contribution in [3.63, 3.8) is 0 Å². The van der Waals surface area contributed by atoms with Gasteiger partial charge in [-0.2, -0.15) is 0 Å². The van der Waals surface area contributed by atoms with E-state index >= 15 is 0 Å². The lowest BCUT2D eigenvalue weighted by Crippen LogP contribution is -2.50. The Kier molecular flexibility index (Phi) is 4.92. The molecule has 1 aliphatic heterocycles. The quantitative estimate of drug-likeness (QED) is 0.940. The third-order valence-corrected chi connectivity index (χ3v) is 4.27. The fourth-order valence-corrected chi connectivity index (χ4v) is 2.79. The maximum Gasteiger partial charge on any atom is 0.321 e. The molecule has 0 radical (unpaired) electrons. The van der Waals surface area contributed by atoms with Gasteiger partial charge in [-0.15, -0.1) is 0 Å². The summed E-state index contributed by atoms with van der Waals surface area (Å²) in [6.45, 7) is 7.31. The maximum absolute atomic E-state index is 12.2. The number of para-hydroxylation sites is 1. The van der Waals surface area contributed by atoms with Crippen LogP contribution in [0.4, 0.5) is 10.5 Å². The molecule has 0 saturated carbocycles. The second kappa shape index (κ2) is 7.28. The van der Waals surface area contributed by atoms with Crippen LogP contribution in [0.3, 0.4) is 0 Å². The van der Waals surface area contributed by atoms with Gasteiger partial charge in [-0.25, -0.2) is 9.78 Å². The van der Waals surface area contributed by atoms with E-state index in [1.54, 1.807) is 0 Å². The lowest BCUT2D eigenvalue weighted by atomic mass is 10.3. The largest absolute Gasteiger partial charge is 0.334 e. The van der Waals surface area contributed by atoms with E-state index in [9.17, 15) is 4.79 Å². The Morgan fingerprint density at radius 1 is 1.13 bits per heavy atom. The first kappa shape index (κ1) is 15.6. The summed E-state index contributed by atoms with van der Waals surface area (Å²) in [6.07, 6.45) is 3.85. The highest BCUT2D eigenvalue weighted by Crippen LogP contribution is 2.09. The Morgan fingerprint density at radius 2 is 1.87 bits per heavy atom. The molecule has 1 aromatic carbocycles. The number of benzene rings is 1. The summed E-state index contributed by atoms with van der Waals surface area (Å²) in [5.41, 5.74) is 0.843. The van der Waals surface area contributed by atoms with Crippen LogP contribution in [-0.2, 0) is 6.54 Å². The van der Waals surface area contributed by atoms with Crippen molar-refractivity contribution in [3.8, 4) is 0 Å². The standard InChI is InChI=1S/C17H23N5O/c1-15-18-7-8-21(15)12-9-20-10-13-22(14-11-20)17(23)19-16-5-3-2-4-6-16/h2-8H,9-14H2,1H3,(H,19,23). The minimum absolute atomic E-state index is 0.0127. The summed E-state index contributed by atoms with van der Waals surface area (Å²) in [6, 6.07) is 9.58. The summed E-state index contributed by atoms with van der Waals surface area (Å²) in [7, 11) is 0. The molecule has 1 N–H and O–H groups in total. The normalized spacial score (nSPS) is 15.6. The molecule has 0 atom stereocenters. The number of aromatic nitrogens is 2. The Labute approximate surface area is 136 Å². The highest BCUT2D eigenvalue weighted by atomic mass is 16.2. The average Bonchev–Trinajstić information content (AvgIpc) is 2.99. The van der Waals surface area contributed by atoms with E-state index in [2.05, 4.69) is 19.8 Å². The molecule has 0 aliphatic carbocycles. The van der Waals surface area contributed by atoms with Gasteiger partial charge >= 0.3 is 6.03 Å². The number of hydrogen-bond donors (Lipinski definition) is 1. The van der Waals surface area contributed by atoms with Crippen LogP contribution in [0, 0.1) is 6.92 Å². The molecule has 0 bridgehead atoms. The molecule has 1 aromatic heterocycles. The second-order valence-electron chi connectivity index (χ2n) is 5.79. The minimum Gasteiger partial charge on any atom is -0.334 e. The van der Waals surface area contributed by atoms with Crippen LogP contribution in [0.5, 0.6) is 0 Å². The topological polar surface area (TPSA) is 53.4 Å². The van der Waals surface area contributed by atoms with Crippen molar-refractivity contribution in [1.29, 1.82) is 0 Å². The lowest BCUT2D eigenvalue weighted by molar-refractivity contribution is 0.144. The van der Waals surface area contributed by atoms with Crippen molar-refractivity contribution >= 4 is 11.7 Å². The highest BCUT2D eigenvalue weighted by Gasteiger charge is 2.20. The molecule has 2 aromatic rings. The number of urea groups is 1. The summed E-state index contributed by atoms with van der Waals surface area (Å²) in [5.74, 6) is 1.05. The molecule has 1 aliphatic rings. The molecule has 122 valence electrons. The number of rotatable bonds is 4. The molecule has 3 rings (SSSR count). The van der Waals surface area contributed by atoms with Crippen molar-refractivity contribution < 1.29 is 4.79 Å². The summed E-state index contributed by atoms with van der Waals surface area (Å²) >= 11 is 0. The molecule has 0 spiro atoms. The monoisotopic (exact) mass is 313 g/mol. The highest BCUT2D eigenvalue weighted by molar-refractivity contribution is 5.89. The third-order valence-electron chi connectivity index (χ3n) is 4.27. The number of carbonyl (C=O) groups excluding carboxylic acids is 1. The van der Waals surface area contributed by atoms with Gasteiger partial charge < -0.3 is 14.8 Å². The number of anilines is 1. The minimum atomic E-state index is -0.0127. The van der Waals surface area contributed by atoms with Crippen LogP contribution in [0.1, 0.15) is 5.82 Å². The van der Waals surface area contributed by atoms with E-state index in [0.29, 0.717) is 0 Å². The Hall–Kier alpha value is -2.34. The van der Waals surface area contributed by atoms with Gasteiger partial charge in [0.15, 0.2) is 0 Å². The zero-order chi connectivity index (χ0) is 16.1. The van der Waals surface area contributed by atoms with Crippen LogP contribution in [-0.4, -0.2) is 58.1 Å². The molecule has 6 heteroatoms. The SMILES string of the molecule is Cc1nccn1CCN1CCN(C(=O)Nc2ccccc2)CC1. The van der Waals surface area contributed by atoms with Crippen LogP contribution in [0.25, 0.3) is 0 Å². The van der Waals surface area contributed by atoms with Crippen LogP contribution < -0.4 is 5.32 Å².